The molecule has 16 heavy (non-hydrogen) atoms. The molecular formula is C11H6N4O. The van der Waals surface area contributed by atoms with Gasteiger partial charge < -0.3 is 0 Å². The van der Waals surface area contributed by atoms with Gasteiger partial charge in [-0.2, -0.15) is 9.98 Å². The van der Waals surface area contributed by atoms with Crippen LogP contribution in [0.2, 0.25) is 0 Å². The fraction of sp³-hybridized carbons (Fsp3) is 0. The van der Waals surface area contributed by atoms with E-state index >= 15 is 0 Å². The minimum atomic E-state index is -0.519. The van der Waals surface area contributed by atoms with Crippen LogP contribution in [-0.4, -0.2) is 16.0 Å². The Hall–Kier alpha value is -2.43. The molecule has 1 aliphatic heterocycles. The number of benzene rings is 1. The zero-order valence-corrected chi connectivity index (χ0v) is 8.16. The van der Waals surface area contributed by atoms with E-state index in [0.29, 0.717) is 16.7 Å². The molecule has 0 spiro atoms. The van der Waals surface area contributed by atoms with Crippen LogP contribution in [0.25, 0.3) is 11.4 Å². The molecule has 2 aromatic rings. The lowest BCUT2D eigenvalue weighted by atomic mass is 10.2. The van der Waals surface area contributed by atoms with Gasteiger partial charge in [-0.25, -0.2) is 14.8 Å². The summed E-state index contributed by atoms with van der Waals surface area (Å²) in [5, 5.41) is 0.435. The summed E-state index contributed by atoms with van der Waals surface area (Å²) in [5.41, 5.74) is 1.23. The first-order valence-corrected chi connectivity index (χ1v) is 4.73. The van der Waals surface area contributed by atoms with Crippen LogP contribution in [0.1, 0.15) is 0 Å². The molecule has 1 aromatic heterocycles. The van der Waals surface area contributed by atoms with Crippen molar-refractivity contribution in [1.82, 2.24) is 9.97 Å². The molecule has 5 heteroatoms. The van der Waals surface area contributed by atoms with Crippen LogP contribution in [0.15, 0.2) is 46.5 Å². The summed E-state index contributed by atoms with van der Waals surface area (Å²) in [6.45, 7) is 0. The SMILES string of the molecule is O=C1N=c2cnc(-c3ccccc3)nc2=N1. The van der Waals surface area contributed by atoms with Gasteiger partial charge in [0.1, 0.15) is 5.36 Å². The minimum Gasteiger partial charge on any atom is -0.244 e. The van der Waals surface area contributed by atoms with Crippen LogP contribution < -0.4 is 10.8 Å². The molecule has 3 rings (SSSR count). The van der Waals surface area contributed by atoms with Crippen LogP contribution in [0.3, 0.4) is 0 Å². The van der Waals surface area contributed by atoms with Crippen molar-refractivity contribution in [3.8, 4) is 11.4 Å². The predicted octanol–water partition coefficient (Wildman–Crippen LogP) is 0.516. The Morgan fingerprint density at radius 2 is 1.81 bits per heavy atom. The maximum atomic E-state index is 10.9. The first-order chi connectivity index (χ1) is 7.83. The Balaban J connectivity index is 2.21. The maximum Gasteiger partial charge on any atom is 0.369 e. The molecule has 1 aromatic carbocycles. The number of amides is 2. The molecule has 0 saturated heterocycles. The van der Waals surface area contributed by atoms with Crippen molar-refractivity contribution >= 4 is 6.03 Å². The molecule has 0 N–H and O–H groups in total. The summed E-state index contributed by atoms with van der Waals surface area (Å²) in [4.78, 5) is 26.6. The third kappa shape index (κ3) is 1.38. The zero-order chi connectivity index (χ0) is 11.0. The number of nitrogens with zero attached hydrogens (tertiary/aromatic N) is 4. The third-order valence-electron chi connectivity index (χ3n) is 2.20. The number of fused-ring (bicyclic) bond motifs is 1. The zero-order valence-electron chi connectivity index (χ0n) is 8.16. The molecule has 5 nitrogen and oxygen atoms in total. The lowest BCUT2D eigenvalue weighted by molar-refractivity contribution is 0.256. The number of hydrogen-bond donors (Lipinski definition) is 0. The van der Waals surface area contributed by atoms with Gasteiger partial charge >= 0.3 is 6.03 Å². The molecule has 2 heterocycles. The Morgan fingerprint density at radius 1 is 1.00 bits per heavy atom. The number of aromatic nitrogens is 2. The quantitative estimate of drug-likeness (QED) is 0.688. The average molecular weight is 210 g/mol. The number of carbonyl (C=O) groups excluding carboxylic acids is 1. The topological polar surface area (TPSA) is 67.6 Å². The molecule has 0 atom stereocenters. The van der Waals surface area contributed by atoms with E-state index in [2.05, 4.69) is 20.0 Å². The van der Waals surface area contributed by atoms with E-state index in [1.54, 1.807) is 0 Å². The number of urea groups is 1. The second-order valence-corrected chi connectivity index (χ2v) is 3.27. The lowest BCUT2D eigenvalue weighted by Gasteiger charge is -1.96. The smallest absolute Gasteiger partial charge is 0.244 e. The van der Waals surface area contributed by atoms with Crippen molar-refractivity contribution in [3.05, 3.63) is 47.4 Å². The minimum absolute atomic E-state index is 0.346. The number of hydrogen-bond acceptors (Lipinski definition) is 3. The van der Waals surface area contributed by atoms with Gasteiger partial charge in [-0.15, -0.1) is 0 Å². The number of rotatable bonds is 1. The summed E-state index contributed by atoms with van der Waals surface area (Å²) < 4.78 is 0. The molecule has 0 radical (unpaired) electrons. The molecule has 0 unspecified atom stereocenters. The van der Waals surface area contributed by atoms with Crippen molar-refractivity contribution in [2.45, 2.75) is 0 Å². The van der Waals surface area contributed by atoms with Crippen LogP contribution in [0.4, 0.5) is 4.79 Å². The van der Waals surface area contributed by atoms with Gasteiger partial charge in [0.2, 0.25) is 0 Å². The highest BCUT2D eigenvalue weighted by Crippen LogP contribution is 2.10. The molecule has 76 valence electrons. The van der Waals surface area contributed by atoms with Crippen LogP contribution >= 0.6 is 0 Å². The van der Waals surface area contributed by atoms with Gasteiger partial charge in [-0.05, 0) is 0 Å². The molecule has 2 amide bonds. The second kappa shape index (κ2) is 3.30. The average Bonchev–Trinajstić information content (AvgIpc) is 2.69. The van der Waals surface area contributed by atoms with Crippen molar-refractivity contribution in [2.24, 2.45) is 9.98 Å². The lowest BCUT2D eigenvalue weighted by Crippen LogP contribution is -2.26. The van der Waals surface area contributed by atoms with Gasteiger partial charge in [0.25, 0.3) is 0 Å². The third-order valence-corrected chi connectivity index (χ3v) is 2.20. The van der Waals surface area contributed by atoms with Gasteiger partial charge in [-0.1, -0.05) is 30.3 Å². The van der Waals surface area contributed by atoms with Crippen LogP contribution in [-0.2, 0) is 0 Å². The first-order valence-electron chi connectivity index (χ1n) is 4.73. The summed E-state index contributed by atoms with van der Waals surface area (Å²) in [5.74, 6) is 0.549. The maximum absolute atomic E-state index is 10.9. The monoisotopic (exact) mass is 210 g/mol. The highest BCUT2D eigenvalue weighted by Gasteiger charge is 2.08. The molecule has 0 bridgehead atoms. The Kier molecular flexibility index (Phi) is 1.83. The van der Waals surface area contributed by atoms with Crippen molar-refractivity contribution < 1.29 is 4.79 Å². The Bertz CT molecular complexity index is 679. The largest absolute Gasteiger partial charge is 0.369 e. The normalized spacial score (nSPS) is 12.9. The summed E-state index contributed by atoms with van der Waals surface area (Å²) in [6, 6.07) is 9.00. The summed E-state index contributed by atoms with van der Waals surface area (Å²) >= 11 is 0. The Labute approximate surface area is 90.2 Å². The van der Waals surface area contributed by atoms with E-state index in [0.717, 1.165) is 5.56 Å². The molecule has 0 fully saturated rings. The molecule has 0 aliphatic carbocycles. The van der Waals surface area contributed by atoms with Crippen molar-refractivity contribution in [2.75, 3.05) is 0 Å². The van der Waals surface area contributed by atoms with Crippen molar-refractivity contribution in [1.29, 1.82) is 0 Å². The van der Waals surface area contributed by atoms with E-state index < -0.39 is 6.03 Å². The summed E-state index contributed by atoms with van der Waals surface area (Å²) in [6.07, 6.45) is 1.51. The Morgan fingerprint density at radius 3 is 2.62 bits per heavy atom. The van der Waals surface area contributed by atoms with E-state index in [1.807, 2.05) is 30.3 Å². The fourth-order valence-corrected chi connectivity index (χ4v) is 1.47. The van der Waals surface area contributed by atoms with Gasteiger partial charge in [0.05, 0.1) is 6.20 Å². The molecule has 1 aliphatic rings. The summed E-state index contributed by atoms with van der Waals surface area (Å²) in [7, 11) is 0. The predicted molar refractivity (Wildman–Crippen MR) is 55.2 cm³/mol. The van der Waals surface area contributed by atoms with E-state index in [1.165, 1.54) is 6.20 Å². The highest BCUT2D eigenvalue weighted by atomic mass is 16.2. The standard InChI is InChI=1S/C11H6N4O/c16-11-13-8-6-12-9(14-10(8)15-11)7-4-2-1-3-5-7/h1-6H. The van der Waals surface area contributed by atoms with E-state index in [4.69, 9.17) is 0 Å². The van der Waals surface area contributed by atoms with Gasteiger partial charge in [-0.3, -0.25) is 0 Å². The first kappa shape index (κ1) is 8.84. The molecule has 0 saturated carbocycles. The van der Waals surface area contributed by atoms with Crippen LogP contribution in [0, 0.1) is 0 Å². The number of carbonyl (C=O) groups is 1. The van der Waals surface area contributed by atoms with Crippen LogP contribution in [0.5, 0.6) is 0 Å². The van der Waals surface area contributed by atoms with E-state index in [9.17, 15) is 4.79 Å². The van der Waals surface area contributed by atoms with Gasteiger partial charge in [0, 0.05) is 5.56 Å². The molecular weight excluding hydrogens is 204 g/mol. The van der Waals surface area contributed by atoms with E-state index in [-0.39, 0.29) is 0 Å². The fourth-order valence-electron chi connectivity index (χ4n) is 1.47. The highest BCUT2D eigenvalue weighted by molar-refractivity contribution is 5.77. The van der Waals surface area contributed by atoms with Gasteiger partial charge in [0.15, 0.2) is 11.3 Å². The van der Waals surface area contributed by atoms with Crippen molar-refractivity contribution in [3.63, 3.8) is 0 Å². The second-order valence-electron chi connectivity index (χ2n) is 3.27.